The summed E-state index contributed by atoms with van der Waals surface area (Å²) in [6, 6.07) is 8.41. The summed E-state index contributed by atoms with van der Waals surface area (Å²) in [5.41, 5.74) is -1.44. The van der Waals surface area contributed by atoms with E-state index in [-0.39, 0.29) is 28.1 Å². The number of carbonyl (C=O) groups is 1. The number of hydrogen-bond donors (Lipinski definition) is 0. The third-order valence-electron chi connectivity index (χ3n) is 4.05. The van der Waals surface area contributed by atoms with E-state index in [2.05, 4.69) is 9.84 Å². The van der Waals surface area contributed by atoms with Crippen LogP contribution in [0.3, 0.4) is 0 Å². The van der Waals surface area contributed by atoms with E-state index in [1.807, 2.05) is 0 Å². The lowest BCUT2D eigenvalue weighted by Crippen LogP contribution is -2.24. The number of halogens is 6. The molecule has 0 saturated heterocycles. The van der Waals surface area contributed by atoms with Gasteiger partial charge >= 0.3 is 18.5 Å². The van der Waals surface area contributed by atoms with Crippen LogP contribution in [0.5, 0.6) is 5.75 Å². The smallest absolute Gasteiger partial charge is 0.461 e. The number of hydrogen-bond acceptors (Lipinski definition) is 6. The molecule has 0 bridgehead atoms. The highest BCUT2D eigenvalue weighted by Crippen LogP contribution is 2.32. The average Bonchev–Trinajstić information content (AvgIpc) is 2.71. The minimum atomic E-state index is -4.91. The number of esters is 1. The van der Waals surface area contributed by atoms with Gasteiger partial charge in [0.1, 0.15) is 5.75 Å². The molecule has 3 aromatic rings. The number of fused-ring (bicyclic) bond motifs is 1. The Balaban J connectivity index is 2.21. The fraction of sp³-hybridized carbons (Fsp3) is 0.250. The Morgan fingerprint density at radius 1 is 1.06 bits per heavy atom. The molecule has 176 valence electrons. The van der Waals surface area contributed by atoms with E-state index in [0.717, 1.165) is 16.8 Å². The molecule has 33 heavy (non-hydrogen) atoms. The molecule has 0 unspecified atom stereocenters. The maximum absolute atomic E-state index is 13.0. The second kappa shape index (κ2) is 9.33. The second-order valence-corrected chi connectivity index (χ2v) is 7.42. The van der Waals surface area contributed by atoms with E-state index in [1.54, 1.807) is 0 Å². The summed E-state index contributed by atoms with van der Waals surface area (Å²) in [4.78, 5) is 25.2. The van der Waals surface area contributed by atoms with E-state index >= 15 is 0 Å². The summed E-state index contributed by atoms with van der Waals surface area (Å²) in [5.74, 6) is -2.90. The first-order chi connectivity index (χ1) is 15.4. The fourth-order valence-electron chi connectivity index (χ4n) is 2.84. The second-order valence-electron chi connectivity index (χ2n) is 6.41. The molecular weight excluding hydrogens is 478 g/mol. The average molecular weight is 492 g/mol. The minimum Gasteiger partial charge on any atom is -0.461 e. The van der Waals surface area contributed by atoms with E-state index in [1.165, 1.54) is 37.3 Å². The van der Waals surface area contributed by atoms with E-state index in [4.69, 9.17) is 4.74 Å². The molecule has 13 heteroatoms. The van der Waals surface area contributed by atoms with Crippen molar-refractivity contribution in [2.75, 3.05) is 12.4 Å². The minimum absolute atomic E-state index is 0.0460. The van der Waals surface area contributed by atoms with Crippen LogP contribution in [0.4, 0.5) is 26.3 Å². The molecule has 0 aliphatic carbocycles. The quantitative estimate of drug-likeness (QED) is 0.271. The zero-order valence-electron chi connectivity index (χ0n) is 16.7. The summed E-state index contributed by atoms with van der Waals surface area (Å²) >= 11 is 0.354. The Kier molecular flexibility index (Phi) is 6.91. The highest BCUT2D eigenvalue weighted by atomic mass is 32.2. The molecule has 0 radical (unpaired) electrons. The molecule has 6 nitrogen and oxygen atoms in total. The summed E-state index contributed by atoms with van der Waals surface area (Å²) in [6.45, 7) is 1.40. The lowest BCUT2D eigenvalue weighted by molar-refractivity contribution is -0.274. The largest absolute Gasteiger partial charge is 0.573 e. The number of aromatic nitrogens is 2. The highest BCUT2D eigenvalue weighted by molar-refractivity contribution is 7.99. The summed E-state index contributed by atoms with van der Waals surface area (Å²) in [5, 5.41) is 3.77. The Hall–Kier alpha value is -3.22. The molecular formula is C20H14F6N2O4S. The summed E-state index contributed by atoms with van der Waals surface area (Å²) < 4.78 is 85.3. The standard InChI is InChI=1S/C20H14F6N2O4S/c1-2-31-18(30)16-17(29)15-13(4-3-5-14(15)33-10-19(21,22)23)28(27-16)11-6-8-12(9-7-11)32-20(24,25)26/h3-9H,2,10H2,1H3. The van der Waals surface area contributed by atoms with Gasteiger partial charge in [0, 0.05) is 4.90 Å². The van der Waals surface area contributed by atoms with Gasteiger partial charge < -0.3 is 9.47 Å². The number of benzene rings is 2. The number of carbonyl (C=O) groups excluding carboxylic acids is 1. The molecule has 0 spiro atoms. The predicted octanol–water partition coefficient (Wildman–Crippen LogP) is 5.12. The molecule has 0 aliphatic heterocycles. The zero-order chi connectivity index (χ0) is 24.4. The van der Waals surface area contributed by atoms with Crippen LogP contribution in [-0.2, 0) is 4.74 Å². The van der Waals surface area contributed by atoms with Gasteiger partial charge in [-0.05, 0) is 43.3 Å². The van der Waals surface area contributed by atoms with Gasteiger partial charge in [-0.15, -0.1) is 24.9 Å². The van der Waals surface area contributed by atoms with Crippen LogP contribution in [0.2, 0.25) is 0 Å². The number of rotatable bonds is 6. The Labute approximate surface area is 186 Å². The van der Waals surface area contributed by atoms with Crippen molar-refractivity contribution in [3.05, 3.63) is 58.4 Å². The topological polar surface area (TPSA) is 70.4 Å². The van der Waals surface area contributed by atoms with Gasteiger partial charge in [0.05, 0.1) is 29.0 Å². The van der Waals surface area contributed by atoms with Crippen LogP contribution >= 0.6 is 11.8 Å². The molecule has 3 rings (SSSR count). The van der Waals surface area contributed by atoms with Crippen molar-refractivity contribution in [1.29, 1.82) is 0 Å². The van der Waals surface area contributed by atoms with Gasteiger partial charge in [0.15, 0.2) is 0 Å². The van der Waals surface area contributed by atoms with Crippen molar-refractivity contribution in [3.8, 4) is 11.4 Å². The van der Waals surface area contributed by atoms with Crippen molar-refractivity contribution in [2.24, 2.45) is 0 Å². The van der Waals surface area contributed by atoms with Crippen molar-refractivity contribution in [1.82, 2.24) is 9.78 Å². The van der Waals surface area contributed by atoms with Crippen molar-refractivity contribution in [2.45, 2.75) is 24.4 Å². The molecule has 0 amide bonds. The maximum atomic E-state index is 13.0. The monoisotopic (exact) mass is 492 g/mol. The maximum Gasteiger partial charge on any atom is 0.573 e. The number of ether oxygens (including phenoxy) is 2. The normalized spacial score (nSPS) is 12.1. The van der Waals surface area contributed by atoms with E-state index in [9.17, 15) is 35.9 Å². The number of alkyl halides is 6. The first kappa shape index (κ1) is 24.4. The van der Waals surface area contributed by atoms with Crippen LogP contribution in [0, 0.1) is 0 Å². The molecule has 0 atom stereocenters. The van der Waals surface area contributed by atoms with Gasteiger partial charge in [0.2, 0.25) is 11.1 Å². The van der Waals surface area contributed by atoms with E-state index < -0.39 is 41.1 Å². The molecule has 0 N–H and O–H groups in total. The van der Waals surface area contributed by atoms with Gasteiger partial charge in [0.25, 0.3) is 0 Å². The first-order valence-corrected chi connectivity index (χ1v) is 10.2. The van der Waals surface area contributed by atoms with Crippen LogP contribution < -0.4 is 10.2 Å². The van der Waals surface area contributed by atoms with Crippen LogP contribution in [-0.4, -0.2) is 40.6 Å². The molecule has 0 aliphatic rings. The van der Waals surface area contributed by atoms with Crippen LogP contribution in [0.15, 0.2) is 52.2 Å². The van der Waals surface area contributed by atoms with Gasteiger partial charge in [-0.25, -0.2) is 9.48 Å². The van der Waals surface area contributed by atoms with Gasteiger partial charge in [-0.3, -0.25) is 4.79 Å². The molecule has 0 saturated carbocycles. The van der Waals surface area contributed by atoms with Crippen molar-refractivity contribution < 1.29 is 40.6 Å². The van der Waals surface area contributed by atoms with Gasteiger partial charge in [-0.2, -0.15) is 18.3 Å². The third-order valence-corrected chi connectivity index (χ3v) is 5.17. The van der Waals surface area contributed by atoms with E-state index in [0.29, 0.717) is 11.8 Å². The Morgan fingerprint density at radius 2 is 1.73 bits per heavy atom. The molecule has 1 heterocycles. The lowest BCUT2D eigenvalue weighted by atomic mass is 10.2. The predicted molar refractivity (Wildman–Crippen MR) is 107 cm³/mol. The summed E-state index contributed by atoms with van der Waals surface area (Å²) in [7, 11) is 0. The van der Waals surface area contributed by atoms with Crippen LogP contribution in [0.1, 0.15) is 17.4 Å². The van der Waals surface area contributed by atoms with Gasteiger partial charge in [-0.1, -0.05) is 6.07 Å². The Bertz CT molecular complexity index is 1220. The highest BCUT2D eigenvalue weighted by Gasteiger charge is 2.31. The number of nitrogens with zero attached hydrogens (tertiary/aromatic N) is 2. The zero-order valence-corrected chi connectivity index (χ0v) is 17.5. The molecule has 2 aromatic carbocycles. The molecule has 1 aromatic heterocycles. The number of thioether (sulfide) groups is 1. The Morgan fingerprint density at radius 3 is 2.30 bits per heavy atom. The lowest BCUT2D eigenvalue weighted by Gasteiger charge is -2.15. The summed E-state index contributed by atoms with van der Waals surface area (Å²) in [6.07, 6.45) is -9.43. The van der Waals surface area contributed by atoms with Crippen molar-refractivity contribution in [3.63, 3.8) is 0 Å². The van der Waals surface area contributed by atoms with Crippen molar-refractivity contribution >= 4 is 28.6 Å². The fourth-order valence-corrected chi connectivity index (χ4v) is 3.68. The SMILES string of the molecule is CCOC(=O)c1nn(-c2ccc(OC(F)(F)F)cc2)c2cccc(SCC(F)(F)F)c2c1=O. The third kappa shape index (κ3) is 5.97. The van der Waals surface area contributed by atoms with Crippen LogP contribution in [0.25, 0.3) is 16.6 Å². The first-order valence-electron chi connectivity index (χ1n) is 9.18. The molecule has 0 fully saturated rings.